The van der Waals surface area contributed by atoms with Gasteiger partial charge in [0.1, 0.15) is 5.84 Å². The highest BCUT2D eigenvalue weighted by atomic mass is 32.1. The lowest BCUT2D eigenvalue weighted by atomic mass is 10.0. The maximum absolute atomic E-state index is 6.05. The quantitative estimate of drug-likeness (QED) is 0.298. The van der Waals surface area contributed by atoms with Gasteiger partial charge in [-0.3, -0.25) is 14.7 Å². The second kappa shape index (κ2) is 10.1. The van der Waals surface area contributed by atoms with E-state index in [0.717, 1.165) is 32.9 Å². The summed E-state index contributed by atoms with van der Waals surface area (Å²) in [5.74, 6) is 1.02. The molecule has 4 aromatic rings. The predicted molar refractivity (Wildman–Crippen MR) is 126 cm³/mol. The van der Waals surface area contributed by atoms with Gasteiger partial charge in [-0.1, -0.05) is 12.1 Å². The average Bonchev–Trinajstić information content (AvgIpc) is 3.49. The van der Waals surface area contributed by atoms with Gasteiger partial charge in [-0.25, -0.2) is 9.97 Å². The van der Waals surface area contributed by atoms with Gasteiger partial charge in [0.2, 0.25) is 5.95 Å². The van der Waals surface area contributed by atoms with Crippen LogP contribution in [0.3, 0.4) is 0 Å². The molecule has 1 aromatic carbocycles. The zero-order chi connectivity index (χ0) is 22.3. The lowest BCUT2D eigenvalue weighted by Gasteiger charge is -2.08. The Morgan fingerprint density at radius 1 is 1.28 bits per heavy atom. The van der Waals surface area contributed by atoms with Gasteiger partial charge in [0.15, 0.2) is 0 Å². The minimum absolute atomic E-state index is 0.507. The average molecular weight is 449 g/mol. The molecule has 10 heteroatoms. The van der Waals surface area contributed by atoms with E-state index in [0.29, 0.717) is 31.5 Å². The summed E-state index contributed by atoms with van der Waals surface area (Å²) in [6, 6.07) is 8.09. The van der Waals surface area contributed by atoms with Crippen LogP contribution in [0.25, 0.3) is 11.3 Å². The molecule has 164 valence electrons. The van der Waals surface area contributed by atoms with Gasteiger partial charge in [0.05, 0.1) is 47.7 Å². The predicted octanol–water partition coefficient (Wildman–Crippen LogP) is 3.40. The summed E-state index contributed by atoms with van der Waals surface area (Å²) in [5.41, 5.74) is 12.7. The van der Waals surface area contributed by atoms with E-state index in [9.17, 15) is 0 Å². The summed E-state index contributed by atoms with van der Waals surface area (Å²) in [7, 11) is 1.67. The number of anilines is 2. The van der Waals surface area contributed by atoms with Crippen LogP contribution in [-0.2, 0) is 17.8 Å². The summed E-state index contributed by atoms with van der Waals surface area (Å²) < 4.78 is 6.89. The van der Waals surface area contributed by atoms with E-state index in [1.807, 2.05) is 23.0 Å². The van der Waals surface area contributed by atoms with Gasteiger partial charge < -0.3 is 15.8 Å². The minimum Gasteiger partial charge on any atom is -0.383 e. The molecule has 3 heterocycles. The van der Waals surface area contributed by atoms with Crippen LogP contribution >= 0.6 is 11.3 Å². The van der Waals surface area contributed by atoms with Crippen LogP contribution in [0.5, 0.6) is 0 Å². The number of thiazole rings is 1. The first kappa shape index (κ1) is 21.6. The third kappa shape index (κ3) is 5.34. The van der Waals surface area contributed by atoms with Crippen LogP contribution in [0, 0.1) is 6.92 Å². The Bertz CT molecular complexity index is 1200. The molecule has 32 heavy (non-hydrogen) atoms. The first-order valence-electron chi connectivity index (χ1n) is 10.0. The maximum Gasteiger partial charge on any atom is 0.227 e. The van der Waals surface area contributed by atoms with Crippen LogP contribution in [-0.4, -0.2) is 44.3 Å². The molecule has 0 saturated heterocycles. The highest BCUT2D eigenvalue weighted by Crippen LogP contribution is 2.23. The first-order chi connectivity index (χ1) is 15.6. The Morgan fingerprint density at radius 3 is 2.97 bits per heavy atom. The van der Waals surface area contributed by atoms with Crippen molar-refractivity contribution >= 4 is 28.8 Å². The number of aliphatic imine (C=N–C) groups is 1. The van der Waals surface area contributed by atoms with Crippen molar-refractivity contribution in [3.05, 3.63) is 70.6 Å². The number of aryl methyl sites for hydroxylation is 1. The number of hydrogen-bond acceptors (Lipinski definition) is 8. The molecule has 0 unspecified atom stereocenters. The number of nitrogens with two attached hydrogens (primary N) is 1. The van der Waals surface area contributed by atoms with E-state index < -0.39 is 0 Å². The summed E-state index contributed by atoms with van der Waals surface area (Å²) >= 11 is 1.48. The van der Waals surface area contributed by atoms with E-state index in [1.54, 1.807) is 31.2 Å². The van der Waals surface area contributed by atoms with Crippen molar-refractivity contribution in [2.45, 2.75) is 20.0 Å². The molecule has 0 saturated carbocycles. The highest BCUT2D eigenvalue weighted by Gasteiger charge is 2.07. The van der Waals surface area contributed by atoms with Crippen LogP contribution < -0.4 is 11.1 Å². The van der Waals surface area contributed by atoms with E-state index in [-0.39, 0.29) is 0 Å². The third-order valence-corrected chi connectivity index (χ3v) is 5.61. The van der Waals surface area contributed by atoms with Crippen molar-refractivity contribution in [1.29, 1.82) is 0 Å². The van der Waals surface area contributed by atoms with Gasteiger partial charge in [0.25, 0.3) is 0 Å². The second-order valence-electron chi connectivity index (χ2n) is 7.08. The standard InChI is InChI=1S/C22H24N8OS/c1-15-9-16(3-4-17(15)10-26-21(23)20-12-24-14-32-20)19-5-6-25-22(29-19)28-18-11-27-30(13-18)7-8-31-2/h3-6,9,11-14H,7-8,10H2,1-2H3,(H2,23,26)(H,25,28,29). The smallest absolute Gasteiger partial charge is 0.227 e. The Morgan fingerprint density at radius 2 is 2.19 bits per heavy atom. The largest absolute Gasteiger partial charge is 0.383 e. The zero-order valence-electron chi connectivity index (χ0n) is 17.9. The highest BCUT2D eigenvalue weighted by molar-refractivity contribution is 7.11. The lowest BCUT2D eigenvalue weighted by molar-refractivity contribution is 0.183. The van der Waals surface area contributed by atoms with Crippen molar-refractivity contribution in [2.75, 3.05) is 19.0 Å². The van der Waals surface area contributed by atoms with Crippen LogP contribution in [0.2, 0.25) is 0 Å². The second-order valence-corrected chi connectivity index (χ2v) is 7.97. The molecule has 0 aliphatic rings. The van der Waals surface area contributed by atoms with E-state index in [4.69, 9.17) is 10.5 Å². The number of hydrogen-bond donors (Lipinski definition) is 2. The van der Waals surface area contributed by atoms with Crippen molar-refractivity contribution in [3.8, 4) is 11.3 Å². The summed E-state index contributed by atoms with van der Waals surface area (Å²) in [5, 5.41) is 7.49. The molecule has 9 nitrogen and oxygen atoms in total. The molecule has 0 radical (unpaired) electrons. The number of aromatic nitrogens is 5. The molecule has 3 N–H and O–H groups in total. The summed E-state index contributed by atoms with van der Waals surface area (Å²) in [6.07, 6.45) is 7.10. The molecule has 0 aliphatic carbocycles. The Hall–Kier alpha value is -3.63. The molecule has 0 amide bonds. The van der Waals surface area contributed by atoms with E-state index in [1.165, 1.54) is 11.3 Å². The van der Waals surface area contributed by atoms with Gasteiger partial charge in [-0.05, 0) is 30.2 Å². The fourth-order valence-electron chi connectivity index (χ4n) is 3.07. The van der Waals surface area contributed by atoms with Crippen LogP contribution in [0.15, 0.2) is 59.6 Å². The fraction of sp³-hybridized carbons (Fsp3) is 0.227. The van der Waals surface area contributed by atoms with Crippen LogP contribution in [0.1, 0.15) is 16.0 Å². The van der Waals surface area contributed by atoms with Crippen molar-refractivity contribution in [3.63, 3.8) is 0 Å². The topological polar surface area (TPSA) is 116 Å². The maximum atomic E-state index is 6.05. The number of methoxy groups -OCH3 is 1. The number of amidine groups is 1. The summed E-state index contributed by atoms with van der Waals surface area (Å²) in [4.78, 5) is 18.4. The van der Waals surface area contributed by atoms with Gasteiger partial charge in [-0.2, -0.15) is 5.10 Å². The number of nitrogens with one attached hydrogen (secondary N) is 1. The van der Waals surface area contributed by atoms with Crippen molar-refractivity contribution in [2.24, 2.45) is 10.7 Å². The van der Waals surface area contributed by atoms with Crippen molar-refractivity contribution < 1.29 is 4.74 Å². The normalized spacial score (nSPS) is 11.6. The molecular formula is C22H24N8OS. The van der Waals surface area contributed by atoms with E-state index in [2.05, 4.69) is 49.4 Å². The molecule has 0 aliphatic heterocycles. The minimum atomic E-state index is 0.507. The first-order valence-corrected chi connectivity index (χ1v) is 10.9. The van der Waals surface area contributed by atoms with Gasteiger partial charge in [0, 0.05) is 31.3 Å². The van der Waals surface area contributed by atoms with Crippen molar-refractivity contribution in [1.82, 2.24) is 24.7 Å². The van der Waals surface area contributed by atoms with Crippen LogP contribution in [0.4, 0.5) is 11.6 Å². The monoisotopic (exact) mass is 448 g/mol. The van der Waals surface area contributed by atoms with Gasteiger partial charge in [-0.15, -0.1) is 11.3 Å². The number of benzene rings is 1. The Balaban J connectivity index is 1.46. The molecule has 0 spiro atoms. The zero-order valence-corrected chi connectivity index (χ0v) is 18.7. The Kier molecular flexibility index (Phi) is 6.83. The molecule has 0 fully saturated rings. The molecule has 0 bridgehead atoms. The number of rotatable bonds is 9. The summed E-state index contributed by atoms with van der Waals surface area (Å²) in [6.45, 7) is 3.86. The third-order valence-electron chi connectivity index (χ3n) is 4.81. The number of ether oxygens (including phenoxy) is 1. The molecular weight excluding hydrogens is 424 g/mol. The van der Waals surface area contributed by atoms with Gasteiger partial charge >= 0.3 is 0 Å². The van der Waals surface area contributed by atoms with E-state index >= 15 is 0 Å². The molecule has 3 aromatic heterocycles. The Labute approximate surface area is 190 Å². The molecule has 0 atom stereocenters. The lowest BCUT2D eigenvalue weighted by Crippen LogP contribution is -2.11. The molecule has 4 rings (SSSR count). The fourth-order valence-corrected chi connectivity index (χ4v) is 3.61. The number of nitrogens with zero attached hydrogens (tertiary/aromatic N) is 6. The SMILES string of the molecule is COCCn1cc(Nc2nccc(-c3ccc(CN=C(N)c4cncs4)c(C)c3)n2)cn1.